The van der Waals surface area contributed by atoms with Gasteiger partial charge in [0.15, 0.2) is 13.2 Å². The number of esters is 1. The number of benzene rings is 1. The van der Waals surface area contributed by atoms with Gasteiger partial charge in [0.05, 0.1) is 21.6 Å². The highest BCUT2D eigenvalue weighted by Crippen LogP contribution is 2.33. The Morgan fingerprint density at radius 2 is 1.65 bits per heavy atom. The summed E-state index contributed by atoms with van der Waals surface area (Å²) in [4.78, 5) is 33.7. The molecule has 0 aliphatic heterocycles. The van der Waals surface area contributed by atoms with Crippen molar-refractivity contribution < 1.29 is 23.9 Å². The predicted octanol–water partition coefficient (Wildman–Crippen LogP) is 1.43. The molecule has 0 spiro atoms. The van der Waals surface area contributed by atoms with E-state index in [9.17, 15) is 14.4 Å². The fraction of sp³-hybridized carbons (Fsp3) is 0.308. The third-order valence-electron chi connectivity index (χ3n) is 2.41. The Labute approximate surface area is 147 Å². The van der Waals surface area contributed by atoms with Crippen molar-refractivity contribution in [2.45, 2.75) is 0 Å². The normalized spacial score (nSPS) is 9.91. The summed E-state index contributed by atoms with van der Waals surface area (Å²) in [6.45, 7) is -1.21. The van der Waals surface area contributed by atoms with E-state index in [1.165, 1.54) is 19.2 Å². The molecule has 1 rings (SSSR count). The SMILES string of the molecule is CNC(=O)CNC(=O)COC(=O)COc1cc(Cl)c(Cl)cc1Cl. The molecule has 0 fully saturated rings. The molecule has 10 heteroatoms. The van der Waals surface area contributed by atoms with Crippen LogP contribution in [0.2, 0.25) is 15.1 Å². The molecule has 2 N–H and O–H groups in total. The Bertz CT molecular complexity index is 610. The lowest BCUT2D eigenvalue weighted by molar-refractivity contribution is -0.150. The lowest BCUT2D eigenvalue weighted by Gasteiger charge is -2.09. The van der Waals surface area contributed by atoms with Crippen molar-refractivity contribution in [1.29, 1.82) is 0 Å². The minimum Gasteiger partial charge on any atom is -0.480 e. The third-order valence-corrected chi connectivity index (χ3v) is 3.43. The molecule has 0 aliphatic rings. The molecule has 23 heavy (non-hydrogen) atoms. The van der Waals surface area contributed by atoms with E-state index >= 15 is 0 Å². The molecule has 0 saturated heterocycles. The molecule has 0 radical (unpaired) electrons. The van der Waals surface area contributed by atoms with Gasteiger partial charge in [0.25, 0.3) is 5.91 Å². The van der Waals surface area contributed by atoms with Crippen molar-refractivity contribution in [3.63, 3.8) is 0 Å². The van der Waals surface area contributed by atoms with Crippen LogP contribution in [-0.2, 0) is 19.1 Å². The summed E-state index contributed by atoms with van der Waals surface area (Å²) >= 11 is 17.4. The molecular formula is C13H13Cl3N2O5. The zero-order chi connectivity index (χ0) is 17.4. The van der Waals surface area contributed by atoms with E-state index in [1.807, 2.05) is 0 Å². The number of carbonyl (C=O) groups is 3. The molecule has 126 valence electrons. The van der Waals surface area contributed by atoms with Gasteiger partial charge in [-0.1, -0.05) is 34.8 Å². The highest BCUT2D eigenvalue weighted by Gasteiger charge is 2.12. The lowest BCUT2D eigenvalue weighted by atomic mass is 10.3. The van der Waals surface area contributed by atoms with Gasteiger partial charge < -0.3 is 20.1 Å². The summed E-state index contributed by atoms with van der Waals surface area (Å²) in [5, 5.41) is 5.23. The fourth-order valence-electron chi connectivity index (χ4n) is 1.26. The van der Waals surface area contributed by atoms with E-state index in [-0.39, 0.29) is 33.3 Å². The van der Waals surface area contributed by atoms with Crippen molar-refractivity contribution in [1.82, 2.24) is 10.6 Å². The second-order valence-electron chi connectivity index (χ2n) is 4.10. The number of hydrogen-bond acceptors (Lipinski definition) is 5. The van der Waals surface area contributed by atoms with Crippen LogP contribution in [0.3, 0.4) is 0 Å². The first-order valence-electron chi connectivity index (χ1n) is 6.23. The average Bonchev–Trinajstić information content (AvgIpc) is 2.52. The Hall–Kier alpha value is -1.70. The Balaban J connectivity index is 2.36. The van der Waals surface area contributed by atoms with Gasteiger partial charge in [-0.2, -0.15) is 0 Å². The van der Waals surface area contributed by atoms with Crippen molar-refractivity contribution in [3.05, 3.63) is 27.2 Å². The number of likely N-dealkylation sites (N-methyl/N-ethyl adjacent to an activating group) is 1. The second-order valence-corrected chi connectivity index (χ2v) is 5.32. The molecular weight excluding hydrogens is 371 g/mol. The van der Waals surface area contributed by atoms with Crippen molar-refractivity contribution in [2.24, 2.45) is 0 Å². The van der Waals surface area contributed by atoms with E-state index in [4.69, 9.17) is 39.5 Å². The maximum absolute atomic E-state index is 11.5. The van der Waals surface area contributed by atoms with E-state index in [2.05, 4.69) is 15.4 Å². The summed E-state index contributed by atoms with van der Waals surface area (Å²) in [5.74, 6) is -1.62. The third kappa shape index (κ3) is 6.94. The van der Waals surface area contributed by atoms with E-state index in [0.717, 1.165) is 0 Å². The largest absolute Gasteiger partial charge is 0.480 e. The summed E-state index contributed by atoms with van der Waals surface area (Å²) in [6.07, 6.45) is 0. The smallest absolute Gasteiger partial charge is 0.344 e. The van der Waals surface area contributed by atoms with E-state index in [0.29, 0.717) is 0 Å². The van der Waals surface area contributed by atoms with Gasteiger partial charge in [0, 0.05) is 13.1 Å². The van der Waals surface area contributed by atoms with Crippen LogP contribution in [0.25, 0.3) is 0 Å². The van der Waals surface area contributed by atoms with Gasteiger partial charge in [-0.25, -0.2) is 4.79 Å². The quantitative estimate of drug-likeness (QED) is 0.549. The van der Waals surface area contributed by atoms with Crippen LogP contribution in [0.4, 0.5) is 0 Å². The van der Waals surface area contributed by atoms with Crippen molar-refractivity contribution in [2.75, 3.05) is 26.8 Å². The molecule has 0 heterocycles. The first-order valence-corrected chi connectivity index (χ1v) is 7.37. The van der Waals surface area contributed by atoms with Crippen LogP contribution < -0.4 is 15.4 Å². The molecule has 0 unspecified atom stereocenters. The van der Waals surface area contributed by atoms with E-state index in [1.54, 1.807) is 0 Å². The van der Waals surface area contributed by atoms with Crippen LogP contribution in [-0.4, -0.2) is 44.6 Å². The van der Waals surface area contributed by atoms with Crippen LogP contribution in [0, 0.1) is 0 Å². The van der Waals surface area contributed by atoms with Gasteiger partial charge in [-0.15, -0.1) is 0 Å². The monoisotopic (exact) mass is 382 g/mol. The number of rotatable bonds is 7. The fourth-order valence-corrected chi connectivity index (χ4v) is 1.85. The average molecular weight is 384 g/mol. The highest BCUT2D eigenvalue weighted by molar-refractivity contribution is 6.43. The minimum absolute atomic E-state index is 0.155. The molecule has 0 aliphatic carbocycles. The first kappa shape index (κ1) is 19.3. The van der Waals surface area contributed by atoms with Crippen LogP contribution in [0.15, 0.2) is 12.1 Å². The van der Waals surface area contributed by atoms with Crippen molar-refractivity contribution in [3.8, 4) is 5.75 Å². The second kappa shape index (κ2) is 9.44. The van der Waals surface area contributed by atoms with Crippen LogP contribution in [0.1, 0.15) is 0 Å². The lowest BCUT2D eigenvalue weighted by Crippen LogP contribution is -2.37. The minimum atomic E-state index is -0.790. The first-order chi connectivity index (χ1) is 10.8. The summed E-state index contributed by atoms with van der Waals surface area (Å²) in [5.41, 5.74) is 0. The van der Waals surface area contributed by atoms with Gasteiger partial charge in [-0.3, -0.25) is 9.59 Å². The Morgan fingerprint density at radius 1 is 1.00 bits per heavy atom. The number of carbonyl (C=O) groups excluding carboxylic acids is 3. The number of ether oxygens (including phenoxy) is 2. The summed E-state index contributed by atoms with van der Waals surface area (Å²) in [6, 6.07) is 2.73. The molecule has 0 saturated carbocycles. The number of nitrogens with one attached hydrogen (secondary N) is 2. The topological polar surface area (TPSA) is 93.7 Å². The molecule has 2 amide bonds. The molecule has 1 aromatic rings. The van der Waals surface area contributed by atoms with Crippen LogP contribution >= 0.6 is 34.8 Å². The molecule has 0 atom stereocenters. The molecule has 1 aromatic carbocycles. The Kier molecular flexibility index (Phi) is 7.94. The summed E-state index contributed by atoms with van der Waals surface area (Å²) < 4.78 is 9.81. The Morgan fingerprint density at radius 3 is 2.30 bits per heavy atom. The number of amides is 2. The van der Waals surface area contributed by atoms with Crippen molar-refractivity contribution >= 4 is 52.6 Å². The molecule has 0 aromatic heterocycles. The number of hydrogen-bond donors (Lipinski definition) is 2. The zero-order valence-corrected chi connectivity index (χ0v) is 14.2. The van der Waals surface area contributed by atoms with Gasteiger partial charge >= 0.3 is 5.97 Å². The standard InChI is InChI=1S/C13H13Cl3N2O5/c1-17-11(19)4-18-12(20)5-23-13(21)6-22-10-3-8(15)7(14)2-9(10)16/h2-3H,4-6H2,1H3,(H,17,19)(H,18,20). The van der Waals surface area contributed by atoms with Gasteiger partial charge in [0.1, 0.15) is 5.75 Å². The van der Waals surface area contributed by atoms with E-state index < -0.39 is 25.1 Å². The maximum Gasteiger partial charge on any atom is 0.344 e. The van der Waals surface area contributed by atoms with Gasteiger partial charge in [-0.05, 0) is 6.07 Å². The highest BCUT2D eigenvalue weighted by atomic mass is 35.5. The van der Waals surface area contributed by atoms with Gasteiger partial charge in [0.2, 0.25) is 5.91 Å². The molecule has 0 bridgehead atoms. The zero-order valence-electron chi connectivity index (χ0n) is 12.0. The van der Waals surface area contributed by atoms with Crippen LogP contribution in [0.5, 0.6) is 5.75 Å². The predicted molar refractivity (Wildman–Crippen MR) is 85.0 cm³/mol. The summed E-state index contributed by atoms with van der Waals surface area (Å²) in [7, 11) is 1.43. The number of halogens is 3. The molecule has 7 nitrogen and oxygen atoms in total. The maximum atomic E-state index is 11.5.